The van der Waals surface area contributed by atoms with Crippen molar-refractivity contribution >= 4 is 48.6 Å². The number of benzene rings is 4. The van der Waals surface area contributed by atoms with Gasteiger partial charge >= 0.3 is 0 Å². The Morgan fingerprint density at radius 1 is 0.708 bits per heavy atom. The number of halogens is 1. The van der Waals surface area contributed by atoms with Gasteiger partial charge in [-0.05, 0) is 40.8 Å². The number of furan rings is 1. The van der Waals surface area contributed by atoms with Crippen LogP contribution in [0.2, 0.25) is 0 Å². The van der Waals surface area contributed by atoms with Crippen molar-refractivity contribution < 1.29 is 4.42 Å². The first-order valence-corrected chi connectivity index (χ1v) is 8.69. The summed E-state index contributed by atoms with van der Waals surface area (Å²) in [6, 6.07) is 27.4. The Morgan fingerprint density at radius 2 is 1.58 bits per heavy atom. The Kier molecular flexibility index (Phi) is 3.00. The molecule has 2 heteroatoms. The first kappa shape index (κ1) is 13.8. The average molecular weight is 373 g/mol. The molecule has 0 aliphatic carbocycles. The summed E-state index contributed by atoms with van der Waals surface area (Å²) >= 11 is 3.57. The predicted octanol–water partition coefficient (Wildman–Crippen LogP) is 7.17. The molecule has 0 aliphatic heterocycles. The first-order chi connectivity index (χ1) is 11.8. The van der Waals surface area contributed by atoms with Gasteiger partial charge in [0.1, 0.15) is 11.2 Å². The van der Waals surface area contributed by atoms with E-state index < -0.39 is 0 Å². The molecule has 0 unspecified atom stereocenters. The second-order valence-electron chi connectivity index (χ2n) is 5.95. The molecule has 0 saturated heterocycles. The van der Waals surface area contributed by atoms with Crippen LogP contribution in [0.1, 0.15) is 0 Å². The van der Waals surface area contributed by atoms with Crippen molar-refractivity contribution in [3.05, 3.63) is 83.3 Å². The molecular formula is C22H13BrO. The van der Waals surface area contributed by atoms with Crippen LogP contribution in [0.15, 0.2) is 87.8 Å². The van der Waals surface area contributed by atoms with Crippen LogP contribution >= 0.6 is 15.9 Å². The topological polar surface area (TPSA) is 13.1 Å². The lowest BCUT2D eigenvalue weighted by Gasteiger charge is -2.04. The molecule has 0 spiro atoms. The zero-order valence-corrected chi connectivity index (χ0v) is 14.4. The number of hydrogen-bond donors (Lipinski definition) is 0. The summed E-state index contributed by atoms with van der Waals surface area (Å²) in [5.41, 5.74) is 4.28. The summed E-state index contributed by atoms with van der Waals surface area (Å²) < 4.78 is 7.33. The highest BCUT2D eigenvalue weighted by molar-refractivity contribution is 9.10. The Morgan fingerprint density at radius 3 is 2.50 bits per heavy atom. The summed E-state index contributed by atoms with van der Waals surface area (Å²) in [7, 11) is 0. The van der Waals surface area contributed by atoms with E-state index in [1.54, 1.807) is 0 Å². The van der Waals surface area contributed by atoms with E-state index in [2.05, 4.69) is 82.7 Å². The van der Waals surface area contributed by atoms with Crippen LogP contribution in [0, 0.1) is 0 Å². The highest BCUT2D eigenvalue weighted by Gasteiger charge is 2.14. The van der Waals surface area contributed by atoms with E-state index in [1.807, 2.05) is 12.1 Å². The molecule has 0 bridgehead atoms. The van der Waals surface area contributed by atoms with Gasteiger partial charge in [-0.15, -0.1) is 0 Å². The summed E-state index contributed by atoms with van der Waals surface area (Å²) in [5, 5.41) is 4.70. The van der Waals surface area contributed by atoms with Gasteiger partial charge in [-0.1, -0.05) is 70.5 Å². The fraction of sp³-hybridized carbons (Fsp3) is 0. The molecule has 0 aliphatic rings. The summed E-state index contributed by atoms with van der Waals surface area (Å²) in [5.74, 6) is 0. The summed E-state index contributed by atoms with van der Waals surface area (Å²) in [6.45, 7) is 0. The highest BCUT2D eigenvalue weighted by Crippen LogP contribution is 2.39. The van der Waals surface area contributed by atoms with E-state index in [0.717, 1.165) is 21.0 Å². The van der Waals surface area contributed by atoms with Crippen molar-refractivity contribution in [1.29, 1.82) is 0 Å². The summed E-state index contributed by atoms with van der Waals surface area (Å²) in [6.07, 6.45) is 0. The van der Waals surface area contributed by atoms with Crippen LogP contribution in [0.25, 0.3) is 43.8 Å². The molecule has 0 radical (unpaired) electrons. The molecule has 24 heavy (non-hydrogen) atoms. The Balaban J connectivity index is 1.94. The van der Waals surface area contributed by atoms with Gasteiger partial charge in [0.05, 0.1) is 0 Å². The molecule has 0 amide bonds. The van der Waals surface area contributed by atoms with E-state index in [1.165, 1.54) is 27.3 Å². The minimum atomic E-state index is 0.929. The lowest BCUT2D eigenvalue weighted by Crippen LogP contribution is -1.80. The molecule has 0 N–H and O–H groups in total. The highest BCUT2D eigenvalue weighted by atomic mass is 79.9. The van der Waals surface area contributed by atoms with Crippen molar-refractivity contribution in [2.45, 2.75) is 0 Å². The SMILES string of the molecule is Brc1cccc(-c2cccc3oc4c5ccccc5ccc4c23)c1. The van der Waals surface area contributed by atoms with Gasteiger partial charge in [0.15, 0.2) is 0 Å². The average Bonchev–Trinajstić information content (AvgIpc) is 3.01. The molecule has 114 valence electrons. The minimum Gasteiger partial charge on any atom is -0.455 e. The van der Waals surface area contributed by atoms with Crippen molar-refractivity contribution in [2.24, 2.45) is 0 Å². The molecule has 1 aromatic heterocycles. The van der Waals surface area contributed by atoms with Gasteiger partial charge < -0.3 is 4.42 Å². The van der Waals surface area contributed by atoms with Gasteiger partial charge in [-0.25, -0.2) is 0 Å². The zero-order chi connectivity index (χ0) is 16.1. The largest absolute Gasteiger partial charge is 0.455 e. The molecule has 0 saturated carbocycles. The lowest BCUT2D eigenvalue weighted by atomic mass is 9.98. The van der Waals surface area contributed by atoms with E-state index in [4.69, 9.17) is 4.42 Å². The number of fused-ring (bicyclic) bond motifs is 5. The fourth-order valence-corrected chi connectivity index (χ4v) is 3.85. The van der Waals surface area contributed by atoms with Gasteiger partial charge in [-0.2, -0.15) is 0 Å². The monoisotopic (exact) mass is 372 g/mol. The molecule has 5 aromatic rings. The Labute approximate surface area is 147 Å². The predicted molar refractivity (Wildman–Crippen MR) is 104 cm³/mol. The van der Waals surface area contributed by atoms with Crippen molar-refractivity contribution in [3.63, 3.8) is 0 Å². The smallest absolute Gasteiger partial charge is 0.143 e. The van der Waals surface area contributed by atoms with E-state index >= 15 is 0 Å². The van der Waals surface area contributed by atoms with Crippen molar-refractivity contribution in [1.82, 2.24) is 0 Å². The Hall–Kier alpha value is -2.58. The van der Waals surface area contributed by atoms with E-state index in [0.29, 0.717) is 0 Å². The number of rotatable bonds is 1. The normalized spacial score (nSPS) is 11.5. The van der Waals surface area contributed by atoms with Crippen molar-refractivity contribution in [2.75, 3.05) is 0 Å². The molecule has 1 nitrogen and oxygen atoms in total. The van der Waals surface area contributed by atoms with Gasteiger partial charge in [0, 0.05) is 20.6 Å². The molecule has 0 fully saturated rings. The third-order valence-corrected chi connectivity index (χ3v) is 5.02. The zero-order valence-electron chi connectivity index (χ0n) is 12.8. The molecule has 4 aromatic carbocycles. The minimum absolute atomic E-state index is 0.929. The maximum atomic E-state index is 6.25. The van der Waals surface area contributed by atoms with Crippen LogP contribution in [-0.2, 0) is 0 Å². The maximum absolute atomic E-state index is 6.25. The van der Waals surface area contributed by atoms with Gasteiger partial charge in [0.25, 0.3) is 0 Å². The molecular weight excluding hydrogens is 360 g/mol. The van der Waals surface area contributed by atoms with E-state index in [9.17, 15) is 0 Å². The molecule has 1 heterocycles. The van der Waals surface area contributed by atoms with Gasteiger partial charge in [-0.3, -0.25) is 0 Å². The van der Waals surface area contributed by atoms with Crippen LogP contribution in [0.3, 0.4) is 0 Å². The summed E-state index contributed by atoms with van der Waals surface area (Å²) in [4.78, 5) is 0. The second-order valence-corrected chi connectivity index (χ2v) is 6.87. The number of hydrogen-bond acceptors (Lipinski definition) is 1. The third-order valence-electron chi connectivity index (χ3n) is 4.52. The molecule has 0 atom stereocenters. The van der Waals surface area contributed by atoms with Crippen LogP contribution in [-0.4, -0.2) is 0 Å². The van der Waals surface area contributed by atoms with Crippen LogP contribution in [0.4, 0.5) is 0 Å². The second kappa shape index (κ2) is 5.22. The molecule has 5 rings (SSSR count). The quantitative estimate of drug-likeness (QED) is 0.304. The lowest BCUT2D eigenvalue weighted by molar-refractivity contribution is 0.673. The van der Waals surface area contributed by atoms with Gasteiger partial charge in [0.2, 0.25) is 0 Å². The van der Waals surface area contributed by atoms with E-state index in [-0.39, 0.29) is 0 Å². The van der Waals surface area contributed by atoms with Crippen LogP contribution in [0.5, 0.6) is 0 Å². The standard InChI is InChI=1S/C22H13BrO/c23-16-7-3-6-15(13-16)17-9-4-10-20-21(17)19-12-11-14-5-1-2-8-18(14)22(19)24-20/h1-13H. The first-order valence-electron chi connectivity index (χ1n) is 7.90. The third kappa shape index (κ3) is 2.00. The maximum Gasteiger partial charge on any atom is 0.143 e. The van der Waals surface area contributed by atoms with Crippen LogP contribution < -0.4 is 0 Å². The van der Waals surface area contributed by atoms with Crippen molar-refractivity contribution in [3.8, 4) is 11.1 Å². The fourth-order valence-electron chi connectivity index (χ4n) is 3.45. The Bertz CT molecular complexity index is 1220.